The molecule has 0 aliphatic carbocycles. The summed E-state index contributed by atoms with van der Waals surface area (Å²) < 4.78 is 1.15. The Hall–Kier alpha value is -1.63. The Balaban J connectivity index is 2.15. The van der Waals surface area contributed by atoms with Gasteiger partial charge in [-0.1, -0.05) is 0 Å². The second-order valence-electron chi connectivity index (χ2n) is 4.71. The minimum absolute atomic E-state index is 0.146. The molecule has 2 aromatic rings. The molecule has 104 valence electrons. The predicted octanol–water partition coefficient (Wildman–Crippen LogP) is 3.31. The minimum atomic E-state index is -0.146. The van der Waals surface area contributed by atoms with E-state index in [4.69, 9.17) is 0 Å². The molecule has 1 amide bonds. The smallest absolute Gasteiger partial charge is 0.257 e. The van der Waals surface area contributed by atoms with E-state index in [1.807, 2.05) is 50.2 Å². The molecule has 0 fully saturated rings. The number of anilines is 2. The van der Waals surface area contributed by atoms with Crippen molar-refractivity contribution in [2.75, 3.05) is 24.3 Å². The van der Waals surface area contributed by atoms with Crippen LogP contribution in [-0.4, -0.2) is 25.0 Å². The van der Waals surface area contributed by atoms with E-state index in [1.54, 1.807) is 12.3 Å². The van der Waals surface area contributed by atoms with E-state index >= 15 is 0 Å². The molecular weight excluding hydrogens is 365 g/mol. The van der Waals surface area contributed by atoms with Gasteiger partial charge in [0.1, 0.15) is 5.82 Å². The number of nitrogens with one attached hydrogen (secondary N) is 1. The van der Waals surface area contributed by atoms with Crippen LogP contribution in [0.2, 0.25) is 0 Å². The van der Waals surface area contributed by atoms with Gasteiger partial charge in [-0.2, -0.15) is 0 Å². The fourth-order valence-corrected chi connectivity index (χ4v) is 2.39. The topological polar surface area (TPSA) is 45.2 Å². The number of carbonyl (C=O) groups excluding carboxylic acids is 1. The fraction of sp³-hybridized carbons (Fsp3) is 0.200. The molecule has 20 heavy (non-hydrogen) atoms. The molecule has 0 saturated heterocycles. The summed E-state index contributed by atoms with van der Waals surface area (Å²) in [6, 6.07) is 9.52. The van der Waals surface area contributed by atoms with Crippen molar-refractivity contribution in [3.63, 3.8) is 0 Å². The van der Waals surface area contributed by atoms with Crippen LogP contribution in [0.25, 0.3) is 0 Å². The summed E-state index contributed by atoms with van der Waals surface area (Å²) in [6.45, 7) is 1.98. The van der Waals surface area contributed by atoms with Gasteiger partial charge < -0.3 is 10.2 Å². The van der Waals surface area contributed by atoms with Crippen molar-refractivity contribution < 1.29 is 4.79 Å². The summed E-state index contributed by atoms with van der Waals surface area (Å²) in [6.07, 6.45) is 1.59. The number of pyridine rings is 1. The van der Waals surface area contributed by atoms with E-state index in [1.165, 1.54) is 0 Å². The number of hydrogen-bond donors (Lipinski definition) is 1. The number of halogens is 1. The zero-order chi connectivity index (χ0) is 14.7. The van der Waals surface area contributed by atoms with Gasteiger partial charge in [0.2, 0.25) is 0 Å². The van der Waals surface area contributed by atoms with Gasteiger partial charge in [-0.15, -0.1) is 0 Å². The zero-order valence-electron chi connectivity index (χ0n) is 11.6. The Morgan fingerprint density at radius 1 is 1.25 bits per heavy atom. The normalized spacial score (nSPS) is 10.2. The Kier molecular flexibility index (Phi) is 4.59. The summed E-state index contributed by atoms with van der Waals surface area (Å²) in [5.74, 6) is 0.680. The van der Waals surface area contributed by atoms with Crippen molar-refractivity contribution in [1.29, 1.82) is 0 Å². The van der Waals surface area contributed by atoms with E-state index in [2.05, 4.69) is 32.9 Å². The summed E-state index contributed by atoms with van der Waals surface area (Å²) in [4.78, 5) is 18.3. The average molecular weight is 381 g/mol. The molecule has 0 aliphatic heterocycles. The molecule has 0 aliphatic rings. The van der Waals surface area contributed by atoms with Crippen molar-refractivity contribution >= 4 is 40.0 Å². The lowest BCUT2D eigenvalue weighted by molar-refractivity contribution is 0.102. The third kappa shape index (κ3) is 3.47. The summed E-state index contributed by atoms with van der Waals surface area (Å²) in [5, 5.41) is 2.91. The first-order valence-electron chi connectivity index (χ1n) is 6.18. The Morgan fingerprint density at radius 3 is 2.55 bits per heavy atom. The molecule has 0 spiro atoms. The summed E-state index contributed by atoms with van der Waals surface area (Å²) in [5.41, 5.74) is 2.42. The van der Waals surface area contributed by atoms with Gasteiger partial charge in [0.25, 0.3) is 5.91 Å². The maximum atomic E-state index is 12.2. The van der Waals surface area contributed by atoms with Crippen LogP contribution in [0.5, 0.6) is 0 Å². The van der Waals surface area contributed by atoms with Crippen LogP contribution < -0.4 is 10.2 Å². The number of aryl methyl sites for hydroxylation is 1. The first-order chi connectivity index (χ1) is 9.47. The second-order valence-corrected chi connectivity index (χ2v) is 5.96. The van der Waals surface area contributed by atoms with Crippen LogP contribution in [0.3, 0.4) is 0 Å². The Bertz CT molecular complexity index is 624. The van der Waals surface area contributed by atoms with E-state index in [-0.39, 0.29) is 5.91 Å². The molecule has 4 nitrogen and oxygen atoms in total. The lowest BCUT2D eigenvalue weighted by Crippen LogP contribution is -2.15. The highest BCUT2D eigenvalue weighted by atomic mass is 127. The third-order valence-electron chi connectivity index (χ3n) is 2.90. The molecular formula is C15H16IN3O. The molecule has 0 atom stereocenters. The number of carbonyl (C=O) groups is 1. The van der Waals surface area contributed by atoms with Crippen molar-refractivity contribution in [2.24, 2.45) is 0 Å². The SMILES string of the molecule is Cc1cc(I)ccc1NC(=O)c1ccc(N(C)C)nc1. The van der Waals surface area contributed by atoms with E-state index in [0.717, 1.165) is 20.6 Å². The van der Waals surface area contributed by atoms with E-state index < -0.39 is 0 Å². The molecule has 0 unspecified atom stereocenters. The Morgan fingerprint density at radius 2 is 2.00 bits per heavy atom. The molecule has 0 saturated carbocycles. The van der Waals surface area contributed by atoms with Crippen molar-refractivity contribution in [3.8, 4) is 0 Å². The lowest BCUT2D eigenvalue weighted by Gasteiger charge is -2.12. The molecule has 1 heterocycles. The minimum Gasteiger partial charge on any atom is -0.363 e. The number of nitrogens with zero attached hydrogens (tertiary/aromatic N) is 2. The van der Waals surface area contributed by atoms with Gasteiger partial charge in [-0.25, -0.2) is 4.98 Å². The number of hydrogen-bond acceptors (Lipinski definition) is 3. The van der Waals surface area contributed by atoms with Gasteiger partial charge in [0.05, 0.1) is 5.56 Å². The Labute approximate surface area is 132 Å². The van der Waals surface area contributed by atoms with Gasteiger partial charge in [0.15, 0.2) is 0 Å². The second kappa shape index (κ2) is 6.21. The number of benzene rings is 1. The van der Waals surface area contributed by atoms with Gasteiger partial charge in [-0.3, -0.25) is 4.79 Å². The van der Waals surface area contributed by atoms with Crippen LogP contribution in [-0.2, 0) is 0 Å². The van der Waals surface area contributed by atoms with Crippen molar-refractivity contribution in [1.82, 2.24) is 4.98 Å². The zero-order valence-corrected chi connectivity index (χ0v) is 13.8. The van der Waals surface area contributed by atoms with E-state index in [0.29, 0.717) is 5.56 Å². The van der Waals surface area contributed by atoms with Crippen LogP contribution in [0.4, 0.5) is 11.5 Å². The third-order valence-corrected chi connectivity index (χ3v) is 3.58. The monoisotopic (exact) mass is 381 g/mol. The highest BCUT2D eigenvalue weighted by Gasteiger charge is 2.09. The quantitative estimate of drug-likeness (QED) is 0.830. The van der Waals surface area contributed by atoms with Gasteiger partial charge in [-0.05, 0) is 65.4 Å². The maximum Gasteiger partial charge on any atom is 0.257 e. The number of aromatic nitrogens is 1. The van der Waals surface area contributed by atoms with Crippen LogP contribution >= 0.6 is 22.6 Å². The predicted molar refractivity (Wildman–Crippen MR) is 90.4 cm³/mol. The molecule has 0 radical (unpaired) electrons. The molecule has 0 bridgehead atoms. The lowest BCUT2D eigenvalue weighted by atomic mass is 10.2. The average Bonchev–Trinajstić information content (AvgIpc) is 2.42. The van der Waals surface area contributed by atoms with Crippen molar-refractivity contribution in [2.45, 2.75) is 6.92 Å². The molecule has 2 rings (SSSR count). The van der Waals surface area contributed by atoms with E-state index in [9.17, 15) is 4.79 Å². The van der Waals surface area contributed by atoms with Crippen LogP contribution in [0, 0.1) is 10.5 Å². The molecule has 1 aromatic carbocycles. The van der Waals surface area contributed by atoms with Gasteiger partial charge >= 0.3 is 0 Å². The molecule has 1 aromatic heterocycles. The van der Waals surface area contributed by atoms with Crippen LogP contribution in [0.15, 0.2) is 36.5 Å². The number of amides is 1. The standard InChI is InChI=1S/C15H16IN3O/c1-10-8-12(16)5-6-13(10)18-15(20)11-4-7-14(17-9-11)19(2)3/h4-9H,1-3H3,(H,18,20). The fourth-order valence-electron chi connectivity index (χ4n) is 1.75. The largest absolute Gasteiger partial charge is 0.363 e. The van der Waals surface area contributed by atoms with Gasteiger partial charge in [0, 0.05) is 29.5 Å². The molecule has 5 heteroatoms. The highest BCUT2D eigenvalue weighted by molar-refractivity contribution is 14.1. The summed E-state index contributed by atoms with van der Waals surface area (Å²) >= 11 is 2.25. The van der Waals surface area contributed by atoms with Crippen LogP contribution in [0.1, 0.15) is 15.9 Å². The maximum absolute atomic E-state index is 12.2. The first-order valence-corrected chi connectivity index (χ1v) is 7.26. The first kappa shape index (κ1) is 14.8. The number of rotatable bonds is 3. The highest BCUT2D eigenvalue weighted by Crippen LogP contribution is 2.18. The van der Waals surface area contributed by atoms with Crippen molar-refractivity contribution in [3.05, 3.63) is 51.2 Å². The molecule has 1 N–H and O–H groups in total. The summed E-state index contributed by atoms with van der Waals surface area (Å²) in [7, 11) is 3.83.